The van der Waals surface area contributed by atoms with Crippen molar-refractivity contribution in [2.75, 3.05) is 6.61 Å². The number of aryl methyl sites for hydroxylation is 1. The number of pyridine rings is 1. The molecule has 0 radical (unpaired) electrons. The van der Waals surface area contributed by atoms with Crippen molar-refractivity contribution in [1.82, 2.24) is 4.98 Å². The van der Waals surface area contributed by atoms with Crippen LogP contribution in [0.2, 0.25) is 0 Å². The van der Waals surface area contributed by atoms with Crippen LogP contribution in [0.4, 0.5) is 0 Å². The number of hydrogen-bond acceptors (Lipinski definition) is 4. The van der Waals surface area contributed by atoms with Gasteiger partial charge in [0.25, 0.3) is 0 Å². The molecule has 2 rings (SSSR count). The number of hydrogen-bond donors (Lipinski definition) is 1. The van der Waals surface area contributed by atoms with Gasteiger partial charge in [-0.05, 0) is 32.4 Å². The molecular formula is C18H18N2O3. The minimum atomic E-state index is -1.08. The molecule has 0 saturated carbocycles. The van der Waals surface area contributed by atoms with Crippen molar-refractivity contribution in [1.29, 1.82) is 5.26 Å². The highest BCUT2D eigenvalue weighted by Crippen LogP contribution is 2.26. The van der Waals surface area contributed by atoms with Crippen LogP contribution in [0, 0.1) is 18.3 Å². The maximum absolute atomic E-state index is 11.2. The number of nitrogens with zero attached hydrogens (tertiary/aromatic N) is 2. The van der Waals surface area contributed by atoms with Gasteiger partial charge in [0, 0.05) is 12.2 Å². The molecule has 1 N–H and O–H groups in total. The number of ether oxygens (including phenoxy) is 1. The number of carboxylic acids is 1. The summed E-state index contributed by atoms with van der Waals surface area (Å²) in [5, 5.41) is 18.4. The molecule has 0 amide bonds. The number of aromatic carboxylic acids is 1. The van der Waals surface area contributed by atoms with Gasteiger partial charge in [-0.1, -0.05) is 24.3 Å². The van der Waals surface area contributed by atoms with E-state index in [-0.39, 0.29) is 17.2 Å². The van der Waals surface area contributed by atoms with E-state index < -0.39 is 5.97 Å². The Morgan fingerprint density at radius 1 is 1.39 bits per heavy atom. The molecule has 0 fully saturated rings. The van der Waals surface area contributed by atoms with Gasteiger partial charge < -0.3 is 9.84 Å². The van der Waals surface area contributed by atoms with Crippen molar-refractivity contribution >= 4 is 5.97 Å². The summed E-state index contributed by atoms with van der Waals surface area (Å²) in [6.07, 6.45) is -0.00595. The first kappa shape index (κ1) is 16.7. The molecule has 23 heavy (non-hydrogen) atoms. The number of nitriles is 1. The van der Waals surface area contributed by atoms with Crippen LogP contribution in [0.25, 0.3) is 11.3 Å². The van der Waals surface area contributed by atoms with Crippen LogP contribution in [0.5, 0.6) is 0 Å². The average molecular weight is 310 g/mol. The zero-order valence-electron chi connectivity index (χ0n) is 13.3. The van der Waals surface area contributed by atoms with Crippen LogP contribution < -0.4 is 0 Å². The quantitative estimate of drug-likeness (QED) is 0.909. The molecule has 0 saturated heterocycles. The molecule has 0 aliphatic heterocycles. The van der Waals surface area contributed by atoms with Gasteiger partial charge in [0.15, 0.2) is 0 Å². The molecule has 5 nitrogen and oxygen atoms in total. The minimum Gasteiger partial charge on any atom is -0.478 e. The molecule has 1 heterocycles. The van der Waals surface area contributed by atoms with Crippen LogP contribution in [0.15, 0.2) is 30.3 Å². The molecule has 5 heteroatoms. The van der Waals surface area contributed by atoms with Crippen molar-refractivity contribution in [3.8, 4) is 17.3 Å². The third-order valence-electron chi connectivity index (χ3n) is 3.63. The second-order valence-corrected chi connectivity index (χ2v) is 5.15. The van der Waals surface area contributed by atoms with Gasteiger partial charge in [-0.25, -0.2) is 4.79 Å². The van der Waals surface area contributed by atoms with Gasteiger partial charge in [0.1, 0.15) is 6.07 Å². The smallest absolute Gasteiger partial charge is 0.337 e. The number of rotatable bonds is 5. The van der Waals surface area contributed by atoms with Gasteiger partial charge in [0.2, 0.25) is 0 Å². The molecule has 1 atom stereocenters. The van der Waals surface area contributed by atoms with Crippen molar-refractivity contribution in [2.24, 2.45) is 0 Å². The van der Waals surface area contributed by atoms with E-state index >= 15 is 0 Å². The third kappa shape index (κ3) is 3.55. The van der Waals surface area contributed by atoms with E-state index in [1.54, 1.807) is 6.92 Å². The lowest BCUT2D eigenvalue weighted by molar-refractivity contribution is 0.0695. The summed E-state index contributed by atoms with van der Waals surface area (Å²) in [5.74, 6) is -1.08. The fourth-order valence-electron chi connectivity index (χ4n) is 2.39. The Morgan fingerprint density at radius 2 is 2.04 bits per heavy atom. The van der Waals surface area contributed by atoms with Gasteiger partial charge in [-0.15, -0.1) is 0 Å². The molecule has 2 aromatic rings. The molecule has 1 aromatic heterocycles. The molecule has 0 aliphatic carbocycles. The first-order chi connectivity index (χ1) is 11.0. The van der Waals surface area contributed by atoms with E-state index in [4.69, 9.17) is 9.84 Å². The Labute approximate surface area is 135 Å². The summed E-state index contributed by atoms with van der Waals surface area (Å²) in [6, 6.07) is 11.0. The fourth-order valence-corrected chi connectivity index (χ4v) is 2.39. The molecule has 0 unspecified atom stereocenters. The number of benzene rings is 1. The predicted octanol–water partition coefficient (Wildman–Crippen LogP) is 3.72. The monoisotopic (exact) mass is 310 g/mol. The lowest BCUT2D eigenvalue weighted by atomic mass is 10.0. The zero-order chi connectivity index (χ0) is 17.0. The van der Waals surface area contributed by atoms with Gasteiger partial charge in [0.05, 0.1) is 28.6 Å². The molecular weight excluding hydrogens is 292 g/mol. The Bertz CT molecular complexity index is 761. The van der Waals surface area contributed by atoms with Crippen LogP contribution >= 0.6 is 0 Å². The maximum atomic E-state index is 11.2. The highest BCUT2D eigenvalue weighted by Gasteiger charge is 2.15. The SMILES string of the molecule is CCO[C@@H](C)c1ccc(-c2nc(C)c(C(=O)O)cc2C#N)cc1. The first-order valence-electron chi connectivity index (χ1n) is 7.34. The Kier molecular flexibility index (Phi) is 5.09. The summed E-state index contributed by atoms with van der Waals surface area (Å²) in [6.45, 7) is 6.18. The molecule has 118 valence electrons. The third-order valence-corrected chi connectivity index (χ3v) is 3.63. The van der Waals surface area contributed by atoms with E-state index in [0.29, 0.717) is 18.0 Å². The maximum Gasteiger partial charge on any atom is 0.337 e. The minimum absolute atomic E-state index is 0.00595. The highest BCUT2D eigenvalue weighted by atomic mass is 16.5. The summed E-state index contributed by atoms with van der Waals surface area (Å²) < 4.78 is 5.55. The summed E-state index contributed by atoms with van der Waals surface area (Å²) in [7, 11) is 0. The molecule has 1 aromatic carbocycles. The molecule has 0 aliphatic rings. The van der Waals surface area contributed by atoms with Gasteiger partial charge >= 0.3 is 5.97 Å². The number of carbonyl (C=O) groups is 1. The van der Waals surface area contributed by atoms with Crippen molar-refractivity contribution in [3.05, 3.63) is 52.7 Å². The fraction of sp³-hybridized carbons (Fsp3) is 0.278. The highest BCUT2D eigenvalue weighted by molar-refractivity contribution is 5.90. The van der Waals surface area contributed by atoms with Crippen LogP contribution in [0.3, 0.4) is 0 Å². The Balaban J connectivity index is 2.44. The van der Waals surface area contributed by atoms with Crippen molar-refractivity contribution < 1.29 is 14.6 Å². The predicted molar refractivity (Wildman–Crippen MR) is 86.1 cm³/mol. The summed E-state index contributed by atoms with van der Waals surface area (Å²) >= 11 is 0. The second-order valence-electron chi connectivity index (χ2n) is 5.15. The van der Waals surface area contributed by atoms with E-state index in [1.807, 2.05) is 44.2 Å². The van der Waals surface area contributed by atoms with Crippen molar-refractivity contribution in [2.45, 2.75) is 26.9 Å². The lowest BCUT2D eigenvalue weighted by Gasteiger charge is -2.13. The zero-order valence-corrected chi connectivity index (χ0v) is 13.3. The van der Waals surface area contributed by atoms with E-state index in [9.17, 15) is 10.1 Å². The normalized spacial score (nSPS) is 11.7. The van der Waals surface area contributed by atoms with E-state index in [2.05, 4.69) is 4.98 Å². The summed E-state index contributed by atoms with van der Waals surface area (Å²) in [4.78, 5) is 15.5. The molecule has 0 spiro atoms. The largest absolute Gasteiger partial charge is 0.478 e. The lowest BCUT2D eigenvalue weighted by Crippen LogP contribution is -2.05. The first-order valence-corrected chi connectivity index (χ1v) is 7.34. The van der Waals surface area contributed by atoms with Crippen molar-refractivity contribution in [3.63, 3.8) is 0 Å². The standard InChI is InChI=1S/C18H18N2O3/c1-4-23-12(3)13-5-7-14(8-6-13)17-15(10-19)9-16(18(21)22)11(2)20-17/h5-9,12H,4H2,1-3H3,(H,21,22)/t12-/m0/s1. The van der Waals surface area contributed by atoms with Crippen LogP contribution in [-0.4, -0.2) is 22.7 Å². The van der Waals surface area contributed by atoms with Gasteiger partial charge in [-0.3, -0.25) is 4.98 Å². The van der Waals surface area contributed by atoms with Crippen LogP contribution in [0.1, 0.15) is 47.1 Å². The second kappa shape index (κ2) is 7.03. The average Bonchev–Trinajstić information content (AvgIpc) is 2.54. The van der Waals surface area contributed by atoms with E-state index in [1.165, 1.54) is 6.07 Å². The Hall–Kier alpha value is -2.71. The summed E-state index contributed by atoms with van der Waals surface area (Å²) in [5.41, 5.74) is 2.98. The van der Waals surface area contributed by atoms with Crippen LogP contribution in [-0.2, 0) is 4.74 Å². The topological polar surface area (TPSA) is 83.2 Å². The number of carboxylic acid groups (broad SMARTS) is 1. The van der Waals surface area contributed by atoms with E-state index in [0.717, 1.165) is 11.1 Å². The molecule has 0 bridgehead atoms. The number of aromatic nitrogens is 1. The van der Waals surface area contributed by atoms with Gasteiger partial charge in [-0.2, -0.15) is 5.26 Å². The Morgan fingerprint density at radius 3 is 2.57 bits per heavy atom.